The van der Waals surface area contributed by atoms with Crippen LogP contribution in [0.2, 0.25) is 5.02 Å². The van der Waals surface area contributed by atoms with Crippen LogP contribution in [-0.4, -0.2) is 31.9 Å². The van der Waals surface area contributed by atoms with Gasteiger partial charge in [0.05, 0.1) is 34.0 Å². The molecule has 0 aliphatic heterocycles. The first-order valence-corrected chi connectivity index (χ1v) is 9.70. The first kappa shape index (κ1) is 18.7. The van der Waals surface area contributed by atoms with Crippen molar-refractivity contribution in [3.05, 3.63) is 51.3 Å². The van der Waals surface area contributed by atoms with Crippen LogP contribution in [0.5, 0.6) is 0 Å². The highest BCUT2D eigenvalue weighted by Gasteiger charge is 2.17. The lowest BCUT2D eigenvalue weighted by molar-refractivity contribution is 0.184. The summed E-state index contributed by atoms with van der Waals surface area (Å²) in [6.45, 7) is 2.59. The molecule has 3 N–H and O–H groups in total. The van der Waals surface area contributed by atoms with E-state index in [0.717, 1.165) is 5.52 Å². The predicted molar refractivity (Wildman–Crippen MR) is 101 cm³/mol. The Morgan fingerprint density at radius 3 is 2.65 bits per heavy atom. The van der Waals surface area contributed by atoms with Gasteiger partial charge in [0, 0.05) is 12.7 Å². The van der Waals surface area contributed by atoms with Crippen LogP contribution < -0.4 is 10.7 Å². The SMILES string of the molecule is COCCn1[nH]c(=O)c2cc(-c3ccc(S(N)(=O)=O)c(C)c3Cl)ccc21. The fourth-order valence-corrected chi connectivity index (χ4v) is 4.04. The van der Waals surface area contributed by atoms with Gasteiger partial charge >= 0.3 is 0 Å². The molecule has 2 aromatic carbocycles. The van der Waals surface area contributed by atoms with E-state index in [4.69, 9.17) is 21.5 Å². The van der Waals surface area contributed by atoms with Crippen LogP contribution in [0.4, 0.5) is 0 Å². The smallest absolute Gasteiger partial charge is 0.271 e. The molecule has 0 aliphatic rings. The summed E-state index contributed by atoms with van der Waals surface area (Å²) in [5, 5.41) is 8.78. The molecule has 0 aliphatic carbocycles. The number of hydrogen-bond acceptors (Lipinski definition) is 4. The molecule has 1 aromatic heterocycles. The maximum Gasteiger partial charge on any atom is 0.271 e. The van der Waals surface area contributed by atoms with Crippen molar-refractivity contribution in [3.63, 3.8) is 0 Å². The molecule has 3 rings (SSSR count). The van der Waals surface area contributed by atoms with Gasteiger partial charge in [0.25, 0.3) is 5.56 Å². The van der Waals surface area contributed by atoms with E-state index in [0.29, 0.717) is 35.2 Å². The van der Waals surface area contributed by atoms with Crippen LogP contribution >= 0.6 is 11.6 Å². The molecular formula is C17H18ClN3O4S. The van der Waals surface area contributed by atoms with Crippen molar-refractivity contribution < 1.29 is 13.2 Å². The maximum absolute atomic E-state index is 12.2. The average Bonchev–Trinajstić information content (AvgIpc) is 2.90. The highest BCUT2D eigenvalue weighted by atomic mass is 35.5. The van der Waals surface area contributed by atoms with Gasteiger partial charge in [-0.25, -0.2) is 13.6 Å². The standard InChI is InChI=1S/C17H18ClN3O4S/c1-10-15(26(19,23)24)6-4-12(16(10)18)11-3-5-14-13(9-11)17(22)20-21(14)7-8-25-2/h3-6,9H,7-8H2,1-2H3,(H,20,22)(H2,19,23,24). The van der Waals surface area contributed by atoms with Crippen molar-refractivity contribution in [2.45, 2.75) is 18.4 Å². The number of nitrogens with zero attached hydrogens (tertiary/aromatic N) is 1. The summed E-state index contributed by atoms with van der Waals surface area (Å²) in [5.41, 5.74) is 2.25. The summed E-state index contributed by atoms with van der Waals surface area (Å²) in [6, 6.07) is 8.39. The Bertz CT molecular complexity index is 1150. The lowest BCUT2D eigenvalue weighted by Gasteiger charge is -2.11. The van der Waals surface area contributed by atoms with Crippen molar-refractivity contribution in [1.82, 2.24) is 9.78 Å². The molecule has 26 heavy (non-hydrogen) atoms. The van der Waals surface area contributed by atoms with Crippen LogP contribution in [0.15, 0.2) is 40.0 Å². The number of aromatic amines is 1. The normalized spacial score (nSPS) is 12.0. The average molecular weight is 396 g/mol. The Balaban J connectivity index is 2.14. The zero-order chi connectivity index (χ0) is 19.1. The minimum absolute atomic E-state index is 0.0177. The number of ether oxygens (including phenoxy) is 1. The van der Waals surface area contributed by atoms with E-state index >= 15 is 0 Å². The molecule has 0 unspecified atom stereocenters. The lowest BCUT2D eigenvalue weighted by atomic mass is 10.0. The van der Waals surface area contributed by atoms with Crippen LogP contribution in [0.3, 0.4) is 0 Å². The number of H-pyrrole nitrogens is 1. The lowest BCUT2D eigenvalue weighted by Crippen LogP contribution is -2.13. The molecule has 0 bridgehead atoms. The molecule has 9 heteroatoms. The number of aromatic nitrogens is 2. The highest BCUT2D eigenvalue weighted by molar-refractivity contribution is 7.89. The van der Waals surface area contributed by atoms with Crippen LogP contribution in [0.1, 0.15) is 5.56 Å². The van der Waals surface area contributed by atoms with E-state index in [-0.39, 0.29) is 15.5 Å². The molecule has 1 heterocycles. The van der Waals surface area contributed by atoms with E-state index in [1.807, 2.05) is 12.1 Å². The molecule has 0 amide bonds. The van der Waals surface area contributed by atoms with Gasteiger partial charge in [-0.15, -0.1) is 0 Å². The number of nitrogens with one attached hydrogen (secondary N) is 1. The van der Waals surface area contributed by atoms with E-state index in [1.54, 1.807) is 30.8 Å². The van der Waals surface area contributed by atoms with Crippen molar-refractivity contribution in [3.8, 4) is 11.1 Å². The number of benzene rings is 2. The number of sulfonamides is 1. The summed E-state index contributed by atoms with van der Waals surface area (Å²) in [7, 11) is -2.26. The number of methoxy groups -OCH3 is 1. The van der Waals surface area contributed by atoms with Gasteiger partial charge in [-0.05, 0) is 36.2 Å². The number of nitrogens with two attached hydrogens (primary N) is 1. The molecule has 0 saturated carbocycles. The Kier molecular flexibility index (Phi) is 4.94. The van der Waals surface area contributed by atoms with Gasteiger partial charge in [-0.2, -0.15) is 0 Å². The van der Waals surface area contributed by atoms with Gasteiger partial charge in [-0.3, -0.25) is 14.6 Å². The van der Waals surface area contributed by atoms with Gasteiger partial charge in [0.2, 0.25) is 10.0 Å². The molecule has 138 valence electrons. The molecule has 3 aromatic rings. The summed E-state index contributed by atoms with van der Waals surface area (Å²) >= 11 is 6.38. The summed E-state index contributed by atoms with van der Waals surface area (Å²) < 4.78 is 30.0. The second-order valence-electron chi connectivity index (χ2n) is 5.91. The van der Waals surface area contributed by atoms with E-state index in [1.165, 1.54) is 6.07 Å². The predicted octanol–water partition coefficient (Wildman–Crippen LogP) is 2.25. The van der Waals surface area contributed by atoms with Crippen molar-refractivity contribution >= 4 is 32.5 Å². The highest BCUT2D eigenvalue weighted by Crippen LogP contribution is 2.34. The summed E-state index contributed by atoms with van der Waals surface area (Å²) in [6.07, 6.45) is 0. The maximum atomic E-state index is 12.2. The minimum Gasteiger partial charge on any atom is -0.383 e. The number of primary sulfonamides is 1. The summed E-state index contributed by atoms with van der Waals surface area (Å²) in [5.74, 6) is 0. The Labute approximate surface area is 155 Å². The fraction of sp³-hybridized carbons (Fsp3) is 0.235. The van der Waals surface area contributed by atoms with Crippen LogP contribution in [0, 0.1) is 6.92 Å². The Hall–Kier alpha value is -2.13. The van der Waals surface area contributed by atoms with Crippen molar-refractivity contribution in [2.24, 2.45) is 5.14 Å². The van der Waals surface area contributed by atoms with Crippen LogP contribution in [-0.2, 0) is 21.3 Å². The monoisotopic (exact) mass is 395 g/mol. The second kappa shape index (κ2) is 6.88. The third-order valence-electron chi connectivity index (χ3n) is 4.24. The number of halogens is 1. The van der Waals surface area contributed by atoms with Gasteiger partial charge < -0.3 is 4.74 Å². The number of hydrogen-bond donors (Lipinski definition) is 2. The molecule has 7 nitrogen and oxygen atoms in total. The zero-order valence-corrected chi connectivity index (χ0v) is 15.8. The quantitative estimate of drug-likeness (QED) is 0.690. The van der Waals surface area contributed by atoms with E-state index < -0.39 is 10.0 Å². The van der Waals surface area contributed by atoms with Crippen LogP contribution in [0.25, 0.3) is 22.0 Å². The van der Waals surface area contributed by atoms with Gasteiger partial charge in [-0.1, -0.05) is 23.7 Å². The third-order valence-corrected chi connectivity index (χ3v) is 5.78. The molecular weight excluding hydrogens is 378 g/mol. The first-order chi connectivity index (χ1) is 12.2. The molecule has 0 radical (unpaired) electrons. The summed E-state index contributed by atoms with van der Waals surface area (Å²) in [4.78, 5) is 12.2. The molecule has 0 fully saturated rings. The fourth-order valence-electron chi connectivity index (χ4n) is 2.92. The van der Waals surface area contributed by atoms with Crippen molar-refractivity contribution in [1.29, 1.82) is 0 Å². The molecule has 0 atom stereocenters. The Morgan fingerprint density at radius 2 is 2.00 bits per heavy atom. The third kappa shape index (κ3) is 3.28. The van der Waals surface area contributed by atoms with Gasteiger partial charge in [0.15, 0.2) is 0 Å². The van der Waals surface area contributed by atoms with E-state index in [9.17, 15) is 13.2 Å². The largest absolute Gasteiger partial charge is 0.383 e. The van der Waals surface area contributed by atoms with Gasteiger partial charge in [0.1, 0.15) is 0 Å². The number of rotatable bonds is 5. The Morgan fingerprint density at radius 1 is 1.27 bits per heavy atom. The molecule has 0 saturated heterocycles. The second-order valence-corrected chi connectivity index (χ2v) is 7.82. The van der Waals surface area contributed by atoms with Crippen molar-refractivity contribution in [2.75, 3.05) is 13.7 Å². The topological polar surface area (TPSA) is 107 Å². The minimum atomic E-state index is -3.86. The van der Waals surface area contributed by atoms with E-state index in [2.05, 4.69) is 5.10 Å². The number of fused-ring (bicyclic) bond motifs is 1. The zero-order valence-electron chi connectivity index (χ0n) is 14.2. The first-order valence-electron chi connectivity index (χ1n) is 7.78. The molecule has 0 spiro atoms.